The van der Waals surface area contributed by atoms with Crippen LogP contribution in [0.5, 0.6) is 11.5 Å². The largest absolute Gasteiger partial charge is 0.494 e. The van der Waals surface area contributed by atoms with E-state index in [4.69, 9.17) is 14.2 Å². The highest BCUT2D eigenvalue weighted by atomic mass is 19.2. The molecular formula is C53H78F2O4. The zero-order chi connectivity index (χ0) is 42.0. The van der Waals surface area contributed by atoms with Gasteiger partial charge in [0.25, 0.3) is 0 Å². The lowest BCUT2D eigenvalue weighted by atomic mass is 9.47. The lowest BCUT2D eigenvalue weighted by Crippen LogP contribution is -2.51. The van der Waals surface area contributed by atoms with Crippen LogP contribution in [-0.4, -0.2) is 25.3 Å². The van der Waals surface area contributed by atoms with E-state index >= 15 is 4.39 Å². The van der Waals surface area contributed by atoms with Gasteiger partial charge in [0.1, 0.15) is 11.9 Å². The molecule has 0 N–H and O–H groups in total. The summed E-state index contributed by atoms with van der Waals surface area (Å²) < 4.78 is 47.4. The van der Waals surface area contributed by atoms with Crippen LogP contribution in [0.4, 0.5) is 8.78 Å². The van der Waals surface area contributed by atoms with Gasteiger partial charge in [0.05, 0.1) is 13.2 Å². The van der Waals surface area contributed by atoms with Crippen molar-refractivity contribution in [2.24, 2.45) is 46.3 Å². The summed E-state index contributed by atoms with van der Waals surface area (Å²) >= 11 is 0. The fourth-order valence-corrected chi connectivity index (χ4v) is 12.4. The second-order valence-corrected chi connectivity index (χ2v) is 20.2. The van der Waals surface area contributed by atoms with Gasteiger partial charge >= 0.3 is 5.97 Å². The summed E-state index contributed by atoms with van der Waals surface area (Å²) in [6.07, 6.45) is 26.2. The molecule has 328 valence electrons. The van der Waals surface area contributed by atoms with Crippen molar-refractivity contribution in [2.45, 2.75) is 182 Å². The van der Waals surface area contributed by atoms with E-state index in [1.807, 2.05) is 0 Å². The molecule has 0 heterocycles. The van der Waals surface area contributed by atoms with Crippen molar-refractivity contribution in [3.8, 4) is 22.6 Å². The van der Waals surface area contributed by atoms with Crippen molar-refractivity contribution in [3.05, 3.63) is 59.7 Å². The molecule has 2 aromatic rings. The van der Waals surface area contributed by atoms with Crippen molar-refractivity contribution in [3.63, 3.8) is 0 Å². The number of hydrogen-bond acceptors (Lipinski definition) is 4. The maximum atomic E-state index is 15.0. The average molecular weight is 817 g/mol. The van der Waals surface area contributed by atoms with E-state index in [1.165, 1.54) is 76.7 Å². The van der Waals surface area contributed by atoms with E-state index in [9.17, 15) is 9.18 Å². The second-order valence-electron chi connectivity index (χ2n) is 20.2. The third-order valence-electron chi connectivity index (χ3n) is 15.8. The summed E-state index contributed by atoms with van der Waals surface area (Å²) in [6.45, 7) is 15.6. The van der Waals surface area contributed by atoms with Gasteiger partial charge in [-0.1, -0.05) is 117 Å². The first-order chi connectivity index (χ1) is 28.4. The Labute approximate surface area is 357 Å². The third-order valence-corrected chi connectivity index (χ3v) is 15.8. The van der Waals surface area contributed by atoms with Gasteiger partial charge in [-0.05, 0) is 147 Å². The van der Waals surface area contributed by atoms with E-state index in [2.05, 4.69) is 47.6 Å². The molecule has 59 heavy (non-hydrogen) atoms. The SMILES string of the molecule is CCCCCCCCOc1ccc(-c2ccc(OCCCCCC(=O)O[C@H]3CC[C@@]4(C)C(=CC[C@H]5[C@@H]6CC[C@H]([C@H](C)CCCC(C)C)[C@@]6(C)CC[C@@H]54)C3)cc2)c(F)c1F. The number of benzene rings is 2. The minimum absolute atomic E-state index is 0.00669. The predicted molar refractivity (Wildman–Crippen MR) is 238 cm³/mol. The van der Waals surface area contributed by atoms with Crippen molar-refractivity contribution >= 4 is 5.97 Å². The molecule has 0 unspecified atom stereocenters. The van der Waals surface area contributed by atoms with Crippen LogP contribution >= 0.6 is 0 Å². The molecular weight excluding hydrogens is 739 g/mol. The Morgan fingerprint density at radius 1 is 0.763 bits per heavy atom. The van der Waals surface area contributed by atoms with Crippen LogP contribution < -0.4 is 9.47 Å². The number of ether oxygens (including phenoxy) is 3. The Morgan fingerprint density at radius 3 is 2.25 bits per heavy atom. The van der Waals surface area contributed by atoms with Crippen LogP contribution in [0.1, 0.15) is 176 Å². The first-order valence-electron chi connectivity index (χ1n) is 24.2. The minimum Gasteiger partial charge on any atom is -0.494 e. The maximum absolute atomic E-state index is 15.0. The summed E-state index contributed by atoms with van der Waals surface area (Å²) in [5.41, 5.74) is 3.12. The standard InChI is InChI=1S/C53H78F2O4/c1-7-8-9-10-11-14-35-58-48-29-26-43(50(54)51(48)55)39-20-23-41(24-21-39)57-34-15-12-13-19-49(56)59-42-30-32-52(5)40(36-42)22-25-44-46-28-27-45(38(4)18-16-17-37(2)3)53(46,6)33-31-47(44)52/h20-24,26,29,37-38,42,44-47H,7-19,25,27-28,30-36H2,1-6H3/t38-,42+,44+,45-,46+,47+,52+,53-/m1/s1. The van der Waals surface area contributed by atoms with Gasteiger partial charge in [-0.25, -0.2) is 4.39 Å². The highest BCUT2D eigenvalue weighted by molar-refractivity contribution is 5.69. The number of esters is 1. The molecule has 0 radical (unpaired) electrons. The summed E-state index contributed by atoms with van der Waals surface area (Å²) in [4.78, 5) is 13.0. The van der Waals surface area contributed by atoms with E-state index < -0.39 is 11.6 Å². The predicted octanol–water partition coefficient (Wildman–Crippen LogP) is 15.3. The number of fused-ring (bicyclic) bond motifs is 5. The number of halogens is 2. The first kappa shape index (κ1) is 45.6. The lowest BCUT2D eigenvalue weighted by Gasteiger charge is -2.58. The highest BCUT2D eigenvalue weighted by Crippen LogP contribution is 2.67. The molecule has 4 aliphatic rings. The molecule has 0 aromatic heterocycles. The van der Waals surface area contributed by atoms with Crippen LogP contribution in [0.25, 0.3) is 11.1 Å². The number of rotatable bonds is 22. The summed E-state index contributed by atoms with van der Waals surface area (Å²) in [7, 11) is 0. The Balaban J connectivity index is 0.879. The topological polar surface area (TPSA) is 44.8 Å². The molecule has 8 atom stereocenters. The van der Waals surface area contributed by atoms with Crippen LogP contribution in [0, 0.1) is 58.0 Å². The van der Waals surface area contributed by atoms with Gasteiger partial charge in [-0.15, -0.1) is 0 Å². The minimum atomic E-state index is -0.944. The lowest BCUT2D eigenvalue weighted by molar-refractivity contribution is -0.151. The number of hydrogen-bond donors (Lipinski definition) is 0. The summed E-state index contributed by atoms with van der Waals surface area (Å²) in [5.74, 6) is 3.72. The van der Waals surface area contributed by atoms with Crippen molar-refractivity contribution < 1.29 is 27.8 Å². The molecule has 0 aliphatic heterocycles. The number of carbonyl (C=O) groups is 1. The molecule has 4 aliphatic carbocycles. The highest BCUT2D eigenvalue weighted by Gasteiger charge is 2.59. The van der Waals surface area contributed by atoms with Crippen LogP contribution in [-0.2, 0) is 9.53 Å². The van der Waals surface area contributed by atoms with Crippen molar-refractivity contribution in [1.82, 2.24) is 0 Å². The quantitative estimate of drug-likeness (QED) is 0.0675. The Hall–Kier alpha value is -2.89. The molecule has 2 aromatic carbocycles. The van der Waals surface area contributed by atoms with Crippen molar-refractivity contribution in [2.75, 3.05) is 13.2 Å². The van der Waals surface area contributed by atoms with Crippen LogP contribution in [0.2, 0.25) is 0 Å². The second kappa shape index (κ2) is 21.3. The van der Waals surface area contributed by atoms with E-state index in [0.29, 0.717) is 36.4 Å². The monoisotopic (exact) mass is 817 g/mol. The molecule has 6 heteroatoms. The van der Waals surface area contributed by atoms with Crippen LogP contribution in [0.3, 0.4) is 0 Å². The van der Waals surface area contributed by atoms with Gasteiger partial charge in [0, 0.05) is 18.4 Å². The normalized spacial score (nSPS) is 28.0. The number of unbranched alkanes of at least 4 members (excludes halogenated alkanes) is 7. The number of allylic oxidation sites excluding steroid dienone is 1. The molecule has 0 bridgehead atoms. The summed E-state index contributed by atoms with van der Waals surface area (Å²) in [6, 6.07) is 10.2. The van der Waals surface area contributed by atoms with E-state index in [-0.39, 0.29) is 28.8 Å². The van der Waals surface area contributed by atoms with E-state index in [1.54, 1.807) is 35.9 Å². The molecule has 3 saturated carbocycles. The molecule has 0 spiro atoms. The van der Waals surface area contributed by atoms with Crippen LogP contribution in [0.15, 0.2) is 48.0 Å². The van der Waals surface area contributed by atoms with E-state index in [0.717, 1.165) is 93.3 Å². The molecule has 4 nitrogen and oxygen atoms in total. The average Bonchev–Trinajstić information content (AvgIpc) is 3.58. The van der Waals surface area contributed by atoms with Gasteiger partial charge < -0.3 is 14.2 Å². The van der Waals surface area contributed by atoms with Gasteiger partial charge in [0.15, 0.2) is 11.6 Å². The maximum Gasteiger partial charge on any atom is 0.306 e. The van der Waals surface area contributed by atoms with Crippen molar-refractivity contribution in [1.29, 1.82) is 0 Å². The molecule has 6 rings (SSSR count). The Morgan fingerprint density at radius 2 is 1.49 bits per heavy atom. The smallest absolute Gasteiger partial charge is 0.306 e. The molecule has 0 amide bonds. The fourth-order valence-electron chi connectivity index (χ4n) is 12.4. The third kappa shape index (κ3) is 11.1. The Kier molecular flexibility index (Phi) is 16.4. The Bertz CT molecular complexity index is 1670. The zero-order valence-electron chi connectivity index (χ0n) is 37.7. The molecule has 0 saturated heterocycles. The summed E-state index contributed by atoms with van der Waals surface area (Å²) in [5, 5.41) is 0. The fraction of sp³-hybridized carbons (Fsp3) is 0.717. The van der Waals surface area contributed by atoms with Gasteiger partial charge in [0.2, 0.25) is 5.82 Å². The molecule has 3 fully saturated rings. The zero-order valence-corrected chi connectivity index (χ0v) is 37.7. The first-order valence-corrected chi connectivity index (χ1v) is 24.2. The number of carbonyl (C=O) groups excluding carboxylic acids is 1. The van der Waals surface area contributed by atoms with Gasteiger partial charge in [-0.2, -0.15) is 4.39 Å². The van der Waals surface area contributed by atoms with Gasteiger partial charge in [-0.3, -0.25) is 4.79 Å².